The molecule has 1 nitrogen and oxygen atoms in total. The molecule has 9 aromatic carbocycles. The first-order valence-corrected chi connectivity index (χ1v) is 20.1. The summed E-state index contributed by atoms with van der Waals surface area (Å²) in [5, 5.41) is 2.56. The van der Waals surface area contributed by atoms with Gasteiger partial charge < -0.3 is 4.90 Å². The van der Waals surface area contributed by atoms with Crippen molar-refractivity contribution in [3.63, 3.8) is 0 Å². The molecular formula is C56H41N. The molecule has 0 radical (unpaired) electrons. The molecule has 0 saturated carbocycles. The van der Waals surface area contributed by atoms with E-state index in [4.69, 9.17) is 0 Å². The van der Waals surface area contributed by atoms with Crippen molar-refractivity contribution in [2.45, 2.75) is 25.7 Å². The zero-order valence-corrected chi connectivity index (χ0v) is 32.2. The van der Waals surface area contributed by atoms with Gasteiger partial charge in [0.2, 0.25) is 0 Å². The second kappa shape index (κ2) is 13.1. The molecule has 9 aromatic rings. The zero-order valence-electron chi connectivity index (χ0n) is 32.2. The van der Waals surface area contributed by atoms with E-state index >= 15 is 0 Å². The summed E-state index contributed by atoms with van der Waals surface area (Å²) >= 11 is 0. The molecule has 0 amide bonds. The molecule has 0 aromatic heterocycles. The quantitative estimate of drug-likeness (QED) is 0.165. The molecule has 0 spiro atoms. The minimum Gasteiger partial charge on any atom is -0.310 e. The summed E-state index contributed by atoms with van der Waals surface area (Å²) in [6, 6.07) is 74.0. The van der Waals surface area contributed by atoms with E-state index in [-0.39, 0.29) is 5.41 Å². The van der Waals surface area contributed by atoms with Crippen LogP contribution < -0.4 is 4.90 Å². The van der Waals surface area contributed by atoms with Crippen molar-refractivity contribution in [3.05, 3.63) is 222 Å². The Bertz CT molecular complexity index is 3000. The third-order valence-electron chi connectivity index (χ3n) is 12.5. The van der Waals surface area contributed by atoms with Crippen molar-refractivity contribution in [1.82, 2.24) is 0 Å². The monoisotopic (exact) mass is 727 g/mol. The lowest BCUT2D eigenvalue weighted by atomic mass is 9.81. The maximum Gasteiger partial charge on any atom is 0.0540 e. The van der Waals surface area contributed by atoms with Gasteiger partial charge in [-0.25, -0.2) is 0 Å². The fourth-order valence-corrected chi connectivity index (χ4v) is 9.87. The summed E-state index contributed by atoms with van der Waals surface area (Å²) in [6.07, 6.45) is 0.915. The van der Waals surface area contributed by atoms with Crippen molar-refractivity contribution < 1.29 is 0 Å². The first kappa shape index (κ1) is 33.4. The third kappa shape index (κ3) is 5.30. The maximum atomic E-state index is 2.53. The topological polar surface area (TPSA) is 3.24 Å². The lowest BCUT2D eigenvalue weighted by molar-refractivity contribution is 0.661. The normalized spacial score (nSPS) is 13.2. The number of hydrogen-bond donors (Lipinski definition) is 0. The van der Waals surface area contributed by atoms with Gasteiger partial charge in [-0.1, -0.05) is 190 Å². The van der Waals surface area contributed by atoms with Crippen LogP contribution >= 0.6 is 0 Å². The van der Waals surface area contributed by atoms with E-state index in [1.165, 1.54) is 100 Å². The second-order valence-electron chi connectivity index (χ2n) is 16.1. The van der Waals surface area contributed by atoms with Crippen molar-refractivity contribution in [1.29, 1.82) is 0 Å². The van der Waals surface area contributed by atoms with Crippen LogP contribution in [0.3, 0.4) is 0 Å². The molecule has 0 heterocycles. The van der Waals surface area contributed by atoms with Gasteiger partial charge >= 0.3 is 0 Å². The molecule has 2 aliphatic rings. The molecule has 57 heavy (non-hydrogen) atoms. The minimum absolute atomic E-state index is 0.176. The first-order valence-electron chi connectivity index (χ1n) is 20.1. The van der Waals surface area contributed by atoms with Crippen LogP contribution in [0, 0.1) is 0 Å². The van der Waals surface area contributed by atoms with Gasteiger partial charge in [0.25, 0.3) is 0 Å². The fourth-order valence-electron chi connectivity index (χ4n) is 9.87. The molecule has 2 aliphatic carbocycles. The Balaban J connectivity index is 1.07. The molecule has 0 saturated heterocycles. The van der Waals surface area contributed by atoms with Gasteiger partial charge in [0.1, 0.15) is 0 Å². The van der Waals surface area contributed by atoms with Crippen LogP contribution in [0.1, 0.15) is 36.1 Å². The van der Waals surface area contributed by atoms with E-state index in [9.17, 15) is 0 Å². The Kier molecular flexibility index (Phi) is 7.66. The average Bonchev–Trinajstić information content (AvgIpc) is 3.75. The Morgan fingerprint density at radius 3 is 1.75 bits per heavy atom. The van der Waals surface area contributed by atoms with E-state index in [1.807, 2.05) is 0 Å². The van der Waals surface area contributed by atoms with E-state index < -0.39 is 0 Å². The molecule has 0 atom stereocenters. The van der Waals surface area contributed by atoms with Crippen LogP contribution in [0.5, 0.6) is 0 Å². The van der Waals surface area contributed by atoms with Crippen LogP contribution in [0.2, 0.25) is 0 Å². The predicted molar refractivity (Wildman–Crippen MR) is 241 cm³/mol. The summed E-state index contributed by atoms with van der Waals surface area (Å²) in [5.74, 6) is 0. The molecule has 0 bridgehead atoms. The van der Waals surface area contributed by atoms with Crippen molar-refractivity contribution in [3.8, 4) is 55.6 Å². The van der Waals surface area contributed by atoms with Gasteiger partial charge in [-0.05, 0) is 114 Å². The summed E-state index contributed by atoms with van der Waals surface area (Å²) in [7, 11) is 0. The number of hydrogen-bond acceptors (Lipinski definition) is 1. The van der Waals surface area contributed by atoms with Gasteiger partial charge in [0.05, 0.1) is 11.4 Å². The summed E-state index contributed by atoms with van der Waals surface area (Å²) in [6.45, 7) is 4.77. The Hall–Kier alpha value is -6.96. The Labute approximate surface area is 335 Å². The fraction of sp³-hybridized carbons (Fsp3) is 0.0714. The maximum absolute atomic E-state index is 2.53. The zero-order chi connectivity index (χ0) is 38.1. The number of anilines is 3. The highest BCUT2D eigenvalue weighted by Crippen LogP contribution is 2.55. The minimum atomic E-state index is -0.176. The van der Waals surface area contributed by atoms with Crippen molar-refractivity contribution >= 4 is 27.8 Å². The average molecular weight is 728 g/mol. The standard InChI is InChI=1S/C56H41N/c1-56(2)51-27-11-9-23-48(51)49-26-15-29-53(55(49)56)57(52-28-12-10-22-45(52)37-16-5-3-6-17-37)43-32-30-41-35-42-34-40(31-33-44(42)50(41)36-43)47-25-14-21-39-20-13-24-46(54(39)47)38-18-7-4-8-19-38/h3-34,36H,35H2,1-2H3. The second-order valence-corrected chi connectivity index (χ2v) is 16.1. The van der Waals surface area contributed by atoms with Gasteiger partial charge in [-0.2, -0.15) is 0 Å². The molecule has 1 heteroatoms. The molecular weight excluding hydrogens is 687 g/mol. The van der Waals surface area contributed by atoms with Gasteiger partial charge in [0.15, 0.2) is 0 Å². The van der Waals surface area contributed by atoms with E-state index in [1.54, 1.807) is 0 Å². The largest absolute Gasteiger partial charge is 0.310 e. The number of benzene rings is 9. The summed E-state index contributed by atoms with van der Waals surface area (Å²) in [5.41, 5.74) is 21.6. The number of para-hydroxylation sites is 1. The molecule has 0 unspecified atom stereocenters. The highest BCUT2D eigenvalue weighted by atomic mass is 15.1. The van der Waals surface area contributed by atoms with Gasteiger partial charge in [0, 0.05) is 16.7 Å². The molecule has 11 rings (SSSR count). The smallest absolute Gasteiger partial charge is 0.0540 e. The van der Waals surface area contributed by atoms with Crippen molar-refractivity contribution in [2.24, 2.45) is 0 Å². The van der Waals surface area contributed by atoms with Crippen LogP contribution in [-0.4, -0.2) is 0 Å². The van der Waals surface area contributed by atoms with E-state index in [2.05, 4.69) is 219 Å². The van der Waals surface area contributed by atoms with E-state index in [0.29, 0.717) is 0 Å². The lowest BCUT2D eigenvalue weighted by Crippen LogP contribution is -2.21. The summed E-state index contributed by atoms with van der Waals surface area (Å²) in [4.78, 5) is 2.53. The van der Waals surface area contributed by atoms with Crippen LogP contribution in [0.4, 0.5) is 17.1 Å². The lowest BCUT2D eigenvalue weighted by Gasteiger charge is -2.33. The SMILES string of the molecule is CC1(C)c2ccccc2-c2cccc(N(c3ccc4c(c3)-c3ccc(-c5cccc6cccc(-c7ccccc7)c56)cc3C4)c3ccccc3-c3ccccc3)c21. The first-order chi connectivity index (χ1) is 28.0. The van der Waals surface area contributed by atoms with Gasteiger partial charge in [-0.15, -0.1) is 0 Å². The highest BCUT2D eigenvalue weighted by molar-refractivity contribution is 6.07. The Morgan fingerprint density at radius 1 is 0.386 bits per heavy atom. The molecule has 0 fully saturated rings. The van der Waals surface area contributed by atoms with Crippen LogP contribution in [0.15, 0.2) is 200 Å². The van der Waals surface area contributed by atoms with Crippen molar-refractivity contribution in [2.75, 3.05) is 4.90 Å². The Morgan fingerprint density at radius 2 is 0.982 bits per heavy atom. The predicted octanol–water partition coefficient (Wildman–Crippen LogP) is 15.2. The number of fused-ring (bicyclic) bond motifs is 7. The molecule has 0 N–H and O–H groups in total. The van der Waals surface area contributed by atoms with Gasteiger partial charge in [-0.3, -0.25) is 0 Å². The summed E-state index contributed by atoms with van der Waals surface area (Å²) < 4.78 is 0. The van der Waals surface area contributed by atoms with Crippen LogP contribution in [-0.2, 0) is 11.8 Å². The molecule has 270 valence electrons. The number of rotatable bonds is 6. The highest BCUT2D eigenvalue weighted by Gasteiger charge is 2.39. The third-order valence-corrected chi connectivity index (χ3v) is 12.5. The number of nitrogens with zero attached hydrogens (tertiary/aromatic N) is 1. The van der Waals surface area contributed by atoms with E-state index in [0.717, 1.165) is 12.1 Å². The van der Waals surface area contributed by atoms with Crippen LogP contribution in [0.25, 0.3) is 66.4 Å². The molecule has 0 aliphatic heterocycles.